The molecular weight excluding hydrogens is 240 g/mol. The van der Waals surface area contributed by atoms with Crippen LogP contribution in [0.4, 0.5) is 0 Å². The smallest absolute Gasteiger partial charge is 0.0673 e. The van der Waals surface area contributed by atoms with Gasteiger partial charge in [-0.1, -0.05) is 6.92 Å². The first-order valence-electron chi connectivity index (χ1n) is 7.72. The number of hydrogen-bond donors (Lipinski definition) is 2. The van der Waals surface area contributed by atoms with E-state index in [1.165, 1.54) is 0 Å². The number of nitrogens with zero attached hydrogens (tertiary/aromatic N) is 1. The van der Waals surface area contributed by atoms with E-state index in [1.807, 2.05) is 0 Å². The number of rotatable bonds is 7. The average Bonchev–Trinajstić information content (AvgIpc) is 2.61. The van der Waals surface area contributed by atoms with Crippen LogP contribution in [0.5, 0.6) is 0 Å². The lowest BCUT2D eigenvalue weighted by atomic mass is 9.93. The summed E-state index contributed by atoms with van der Waals surface area (Å²) in [7, 11) is 0. The Morgan fingerprint density at radius 2 is 2.26 bits per heavy atom. The highest BCUT2D eigenvalue weighted by atomic mass is 16.5. The molecule has 1 fully saturated rings. The van der Waals surface area contributed by atoms with E-state index in [9.17, 15) is 5.11 Å². The van der Waals surface area contributed by atoms with Gasteiger partial charge in [-0.3, -0.25) is 4.90 Å². The zero-order chi connectivity index (χ0) is 14.3. The Kier molecular flexibility index (Phi) is 7.29. The van der Waals surface area contributed by atoms with E-state index in [4.69, 9.17) is 4.74 Å². The van der Waals surface area contributed by atoms with Crippen LogP contribution in [-0.2, 0) is 4.74 Å². The summed E-state index contributed by atoms with van der Waals surface area (Å²) in [6.07, 6.45) is 3.48. The maximum Gasteiger partial charge on any atom is 0.0673 e. The Hall–Kier alpha value is -0.160. The number of hydrogen-bond acceptors (Lipinski definition) is 4. The van der Waals surface area contributed by atoms with Gasteiger partial charge in [-0.2, -0.15) is 0 Å². The van der Waals surface area contributed by atoms with Gasteiger partial charge in [0.05, 0.1) is 12.7 Å². The van der Waals surface area contributed by atoms with Crippen LogP contribution >= 0.6 is 0 Å². The molecule has 114 valence electrons. The van der Waals surface area contributed by atoms with Crippen LogP contribution in [0.1, 0.15) is 47.0 Å². The van der Waals surface area contributed by atoms with Gasteiger partial charge in [-0.05, 0) is 46.6 Å². The predicted octanol–water partition coefficient (Wildman–Crippen LogP) is 1.63. The molecule has 3 atom stereocenters. The van der Waals surface area contributed by atoms with E-state index in [2.05, 4.69) is 37.9 Å². The van der Waals surface area contributed by atoms with Gasteiger partial charge in [0.25, 0.3) is 0 Å². The minimum absolute atomic E-state index is 0.175. The molecule has 0 spiro atoms. The first-order valence-corrected chi connectivity index (χ1v) is 7.72. The predicted molar refractivity (Wildman–Crippen MR) is 79.5 cm³/mol. The fourth-order valence-corrected chi connectivity index (χ4v) is 2.83. The van der Waals surface area contributed by atoms with Gasteiger partial charge in [-0.25, -0.2) is 0 Å². The molecular formula is C15H32N2O2. The SMILES string of the molecule is CCCNC(C)(CO)CC(C)N1CCCOC(C)C1. The lowest BCUT2D eigenvalue weighted by molar-refractivity contribution is 0.0550. The first-order chi connectivity index (χ1) is 9.00. The number of nitrogens with one attached hydrogen (secondary N) is 1. The highest BCUT2D eigenvalue weighted by Crippen LogP contribution is 2.18. The Morgan fingerprint density at radius 3 is 2.89 bits per heavy atom. The number of aliphatic hydroxyl groups excluding tert-OH is 1. The molecule has 0 bridgehead atoms. The third-order valence-electron chi connectivity index (χ3n) is 4.00. The van der Waals surface area contributed by atoms with Crippen LogP contribution in [0.2, 0.25) is 0 Å². The van der Waals surface area contributed by atoms with Crippen LogP contribution in [0.25, 0.3) is 0 Å². The molecule has 2 N–H and O–H groups in total. The molecule has 0 aliphatic carbocycles. The molecule has 1 rings (SSSR count). The highest BCUT2D eigenvalue weighted by molar-refractivity contribution is 4.87. The lowest BCUT2D eigenvalue weighted by Crippen LogP contribution is -2.51. The Balaban J connectivity index is 2.52. The minimum Gasteiger partial charge on any atom is -0.394 e. The van der Waals surface area contributed by atoms with Gasteiger partial charge < -0.3 is 15.2 Å². The van der Waals surface area contributed by atoms with Crippen LogP contribution in [0.15, 0.2) is 0 Å². The van der Waals surface area contributed by atoms with Gasteiger partial charge in [-0.15, -0.1) is 0 Å². The Bertz CT molecular complexity index is 250. The summed E-state index contributed by atoms with van der Waals surface area (Å²) < 4.78 is 5.70. The van der Waals surface area contributed by atoms with Gasteiger partial charge in [0, 0.05) is 31.3 Å². The molecule has 0 saturated carbocycles. The van der Waals surface area contributed by atoms with Crippen molar-refractivity contribution in [2.24, 2.45) is 0 Å². The summed E-state index contributed by atoms with van der Waals surface area (Å²) in [6, 6.07) is 0.464. The average molecular weight is 272 g/mol. The van der Waals surface area contributed by atoms with E-state index in [0.29, 0.717) is 12.1 Å². The Morgan fingerprint density at radius 1 is 1.53 bits per heavy atom. The number of ether oxygens (including phenoxy) is 1. The lowest BCUT2D eigenvalue weighted by Gasteiger charge is -2.37. The van der Waals surface area contributed by atoms with Crippen molar-refractivity contribution >= 4 is 0 Å². The van der Waals surface area contributed by atoms with Crippen molar-refractivity contribution < 1.29 is 9.84 Å². The van der Waals surface area contributed by atoms with Crippen molar-refractivity contribution in [3.8, 4) is 0 Å². The van der Waals surface area contributed by atoms with E-state index in [0.717, 1.165) is 45.5 Å². The number of aliphatic hydroxyl groups is 1. The molecule has 0 aromatic carbocycles. The molecule has 1 heterocycles. The topological polar surface area (TPSA) is 44.7 Å². The molecule has 4 heteroatoms. The fourth-order valence-electron chi connectivity index (χ4n) is 2.83. The summed E-state index contributed by atoms with van der Waals surface area (Å²) in [5.74, 6) is 0. The van der Waals surface area contributed by atoms with Gasteiger partial charge >= 0.3 is 0 Å². The molecule has 0 amide bonds. The summed E-state index contributed by atoms with van der Waals surface area (Å²) in [6.45, 7) is 12.8. The van der Waals surface area contributed by atoms with Crippen molar-refractivity contribution in [3.63, 3.8) is 0 Å². The van der Waals surface area contributed by atoms with Crippen molar-refractivity contribution in [2.45, 2.75) is 64.6 Å². The standard InChI is InChI=1S/C15H32N2O2/c1-5-7-16-15(4,12-18)10-13(2)17-8-6-9-19-14(3)11-17/h13-14,16,18H,5-12H2,1-4H3. The second-order valence-electron chi connectivity index (χ2n) is 6.23. The summed E-state index contributed by atoms with van der Waals surface area (Å²) in [4.78, 5) is 2.50. The summed E-state index contributed by atoms with van der Waals surface area (Å²) >= 11 is 0. The fraction of sp³-hybridized carbons (Fsp3) is 1.00. The maximum absolute atomic E-state index is 9.66. The van der Waals surface area contributed by atoms with E-state index < -0.39 is 0 Å². The third kappa shape index (κ3) is 5.78. The van der Waals surface area contributed by atoms with Gasteiger partial charge in [0.15, 0.2) is 0 Å². The van der Waals surface area contributed by atoms with Crippen molar-refractivity contribution in [1.29, 1.82) is 0 Å². The molecule has 19 heavy (non-hydrogen) atoms. The monoisotopic (exact) mass is 272 g/mol. The van der Waals surface area contributed by atoms with Crippen molar-refractivity contribution in [2.75, 3.05) is 32.8 Å². The highest BCUT2D eigenvalue weighted by Gasteiger charge is 2.29. The van der Waals surface area contributed by atoms with E-state index in [-0.39, 0.29) is 12.1 Å². The zero-order valence-corrected chi connectivity index (χ0v) is 13.1. The molecule has 3 unspecified atom stereocenters. The summed E-state index contributed by atoms with van der Waals surface area (Å²) in [5.41, 5.74) is -0.175. The molecule has 0 radical (unpaired) electrons. The van der Waals surface area contributed by atoms with Crippen molar-refractivity contribution in [3.05, 3.63) is 0 Å². The molecule has 1 saturated heterocycles. The molecule has 0 aromatic heterocycles. The molecule has 1 aliphatic rings. The quantitative estimate of drug-likeness (QED) is 0.739. The molecule has 4 nitrogen and oxygen atoms in total. The van der Waals surface area contributed by atoms with Crippen LogP contribution in [0.3, 0.4) is 0 Å². The maximum atomic E-state index is 9.66. The zero-order valence-electron chi connectivity index (χ0n) is 13.1. The largest absolute Gasteiger partial charge is 0.394 e. The second kappa shape index (κ2) is 8.20. The van der Waals surface area contributed by atoms with Gasteiger partial charge in [0.1, 0.15) is 0 Å². The Labute approximate surface area is 118 Å². The molecule has 1 aliphatic heterocycles. The van der Waals surface area contributed by atoms with Crippen molar-refractivity contribution in [1.82, 2.24) is 10.2 Å². The van der Waals surface area contributed by atoms with Gasteiger partial charge in [0.2, 0.25) is 0 Å². The molecule has 0 aromatic rings. The minimum atomic E-state index is -0.175. The van der Waals surface area contributed by atoms with Crippen LogP contribution in [0, 0.1) is 0 Å². The second-order valence-corrected chi connectivity index (χ2v) is 6.23. The third-order valence-corrected chi connectivity index (χ3v) is 4.00. The van der Waals surface area contributed by atoms with E-state index >= 15 is 0 Å². The van der Waals surface area contributed by atoms with Crippen LogP contribution < -0.4 is 5.32 Å². The first kappa shape index (κ1) is 16.9. The van der Waals surface area contributed by atoms with Crippen LogP contribution in [-0.4, -0.2) is 60.5 Å². The normalized spacial score (nSPS) is 26.7. The summed E-state index contributed by atoms with van der Waals surface area (Å²) in [5, 5.41) is 13.1. The van der Waals surface area contributed by atoms with E-state index in [1.54, 1.807) is 0 Å².